The van der Waals surface area contributed by atoms with Gasteiger partial charge in [0.25, 0.3) is 10.0 Å². The van der Waals surface area contributed by atoms with Crippen molar-refractivity contribution in [1.29, 1.82) is 0 Å². The van der Waals surface area contributed by atoms with Crippen LogP contribution in [0, 0.1) is 6.92 Å². The maximum atomic E-state index is 12.7. The summed E-state index contributed by atoms with van der Waals surface area (Å²) in [7, 11) is -1.84. The second-order valence-electron chi connectivity index (χ2n) is 5.33. The Morgan fingerprint density at radius 2 is 2.05 bits per heavy atom. The van der Waals surface area contributed by atoms with Gasteiger partial charge in [-0.25, -0.2) is 13.4 Å². The van der Waals surface area contributed by atoms with Crippen LogP contribution in [0.3, 0.4) is 0 Å². The minimum atomic E-state index is -3.61. The number of rotatable bonds is 6. The molecule has 0 amide bonds. The van der Waals surface area contributed by atoms with Crippen LogP contribution in [0.25, 0.3) is 0 Å². The first kappa shape index (κ1) is 16.1. The lowest BCUT2D eigenvalue weighted by Crippen LogP contribution is -2.52. The summed E-state index contributed by atoms with van der Waals surface area (Å²) in [5.74, 6) is 0.667. The minimum absolute atomic E-state index is 0.0856. The molecule has 2 N–H and O–H groups in total. The quantitative estimate of drug-likeness (QED) is 0.842. The summed E-state index contributed by atoms with van der Waals surface area (Å²) in [5.41, 5.74) is 5.09. The number of nitrogens with two attached hydrogens (primary N) is 1. The molecule has 0 bridgehead atoms. The molecule has 0 fully saturated rings. The van der Waals surface area contributed by atoms with E-state index in [1.807, 2.05) is 20.8 Å². The summed E-state index contributed by atoms with van der Waals surface area (Å²) in [4.78, 5) is 4.13. The average molecular weight is 288 g/mol. The van der Waals surface area contributed by atoms with Gasteiger partial charge in [0.05, 0.1) is 0 Å². The van der Waals surface area contributed by atoms with Gasteiger partial charge in [0, 0.05) is 31.9 Å². The molecule has 1 rings (SSSR count). The standard InChI is InChI=1S/C12H24N4O2S/c1-6-7-16(12(3,4)9-13)19(17,18)11-8-15(5)10(2)14-11/h8H,6-7,9,13H2,1-5H3. The van der Waals surface area contributed by atoms with Gasteiger partial charge >= 0.3 is 0 Å². The normalized spacial score (nSPS) is 13.2. The van der Waals surface area contributed by atoms with Crippen molar-refractivity contribution in [3.63, 3.8) is 0 Å². The van der Waals surface area contributed by atoms with Crippen LogP contribution in [-0.4, -0.2) is 40.9 Å². The molecule has 1 aromatic heterocycles. The van der Waals surface area contributed by atoms with E-state index in [2.05, 4.69) is 4.98 Å². The summed E-state index contributed by atoms with van der Waals surface area (Å²) in [6.07, 6.45) is 2.27. The van der Waals surface area contributed by atoms with Gasteiger partial charge in [-0.05, 0) is 27.2 Å². The highest BCUT2D eigenvalue weighted by Crippen LogP contribution is 2.23. The third kappa shape index (κ3) is 3.16. The van der Waals surface area contributed by atoms with Crippen LogP contribution in [0.15, 0.2) is 11.2 Å². The largest absolute Gasteiger partial charge is 0.337 e. The van der Waals surface area contributed by atoms with Crippen molar-refractivity contribution < 1.29 is 8.42 Å². The zero-order valence-electron chi connectivity index (χ0n) is 12.3. The van der Waals surface area contributed by atoms with Crippen molar-refractivity contribution in [2.45, 2.75) is 44.7 Å². The summed E-state index contributed by atoms with van der Waals surface area (Å²) >= 11 is 0. The minimum Gasteiger partial charge on any atom is -0.337 e. The topological polar surface area (TPSA) is 81.2 Å². The lowest BCUT2D eigenvalue weighted by molar-refractivity contribution is 0.234. The van der Waals surface area contributed by atoms with E-state index in [9.17, 15) is 8.42 Å². The number of aromatic nitrogens is 2. The Morgan fingerprint density at radius 3 is 2.42 bits per heavy atom. The smallest absolute Gasteiger partial charge is 0.262 e. The monoisotopic (exact) mass is 288 g/mol. The van der Waals surface area contributed by atoms with Crippen LogP contribution in [0.2, 0.25) is 0 Å². The predicted octanol–water partition coefficient (Wildman–Crippen LogP) is 0.867. The van der Waals surface area contributed by atoms with E-state index in [4.69, 9.17) is 5.73 Å². The van der Waals surface area contributed by atoms with Crippen molar-refractivity contribution in [3.05, 3.63) is 12.0 Å². The van der Waals surface area contributed by atoms with Crippen molar-refractivity contribution >= 4 is 10.0 Å². The molecule has 0 atom stereocenters. The molecular formula is C12H24N4O2S. The van der Waals surface area contributed by atoms with Gasteiger partial charge in [-0.15, -0.1) is 0 Å². The number of nitrogens with zero attached hydrogens (tertiary/aromatic N) is 3. The highest BCUT2D eigenvalue weighted by Gasteiger charge is 2.37. The Kier molecular flexibility index (Phi) is 4.76. The third-order valence-corrected chi connectivity index (χ3v) is 5.22. The zero-order valence-corrected chi connectivity index (χ0v) is 13.2. The lowest BCUT2D eigenvalue weighted by atomic mass is 10.1. The number of aryl methyl sites for hydroxylation is 2. The SMILES string of the molecule is CCCN(C(C)(C)CN)S(=O)(=O)c1cn(C)c(C)n1. The third-order valence-electron chi connectivity index (χ3n) is 3.24. The molecule has 19 heavy (non-hydrogen) atoms. The van der Waals surface area contributed by atoms with Gasteiger partial charge < -0.3 is 10.3 Å². The Hall–Kier alpha value is -0.920. The molecule has 110 valence electrons. The van der Waals surface area contributed by atoms with E-state index in [1.165, 1.54) is 4.31 Å². The molecule has 1 heterocycles. The molecular weight excluding hydrogens is 264 g/mol. The second-order valence-corrected chi connectivity index (χ2v) is 7.14. The van der Waals surface area contributed by atoms with Gasteiger partial charge in [-0.2, -0.15) is 4.31 Å². The average Bonchev–Trinajstić information content (AvgIpc) is 2.67. The predicted molar refractivity (Wildman–Crippen MR) is 75.3 cm³/mol. The van der Waals surface area contributed by atoms with Gasteiger partial charge in [0.15, 0.2) is 5.03 Å². The molecule has 0 unspecified atom stereocenters. The van der Waals surface area contributed by atoms with E-state index >= 15 is 0 Å². The number of sulfonamides is 1. The van der Waals surface area contributed by atoms with Gasteiger partial charge in [0.2, 0.25) is 0 Å². The molecule has 0 spiro atoms. The van der Waals surface area contributed by atoms with Gasteiger partial charge in [0.1, 0.15) is 5.82 Å². The molecule has 0 aliphatic carbocycles. The first-order valence-corrected chi connectivity index (χ1v) is 7.83. The van der Waals surface area contributed by atoms with E-state index in [-0.39, 0.29) is 11.6 Å². The summed E-state index contributed by atoms with van der Waals surface area (Å²) in [5, 5.41) is 0.0856. The molecule has 0 aromatic carbocycles. The highest BCUT2D eigenvalue weighted by atomic mass is 32.2. The van der Waals surface area contributed by atoms with Gasteiger partial charge in [-0.1, -0.05) is 6.92 Å². The maximum absolute atomic E-state index is 12.7. The summed E-state index contributed by atoms with van der Waals surface area (Å²) in [6, 6.07) is 0. The molecule has 1 aromatic rings. The summed E-state index contributed by atoms with van der Waals surface area (Å²) < 4.78 is 28.5. The van der Waals surface area contributed by atoms with Crippen LogP contribution >= 0.6 is 0 Å². The van der Waals surface area contributed by atoms with Crippen LogP contribution in [-0.2, 0) is 17.1 Å². The Balaban J connectivity index is 3.28. The number of hydrogen-bond donors (Lipinski definition) is 1. The van der Waals surface area contributed by atoms with Crippen LogP contribution in [0.1, 0.15) is 33.0 Å². The van der Waals surface area contributed by atoms with Gasteiger partial charge in [-0.3, -0.25) is 0 Å². The molecule has 7 heteroatoms. The fourth-order valence-corrected chi connectivity index (χ4v) is 3.73. The second kappa shape index (κ2) is 5.60. The molecule has 0 aliphatic heterocycles. The Bertz CT molecular complexity index is 514. The van der Waals surface area contributed by atoms with Crippen LogP contribution in [0.5, 0.6) is 0 Å². The van der Waals surface area contributed by atoms with Crippen molar-refractivity contribution in [2.75, 3.05) is 13.1 Å². The number of imidazole rings is 1. The summed E-state index contributed by atoms with van der Waals surface area (Å²) in [6.45, 7) is 8.07. The van der Waals surface area contributed by atoms with E-state index in [1.54, 1.807) is 24.7 Å². The molecule has 0 aliphatic rings. The molecule has 0 saturated heterocycles. The number of hydrogen-bond acceptors (Lipinski definition) is 4. The molecule has 0 saturated carbocycles. The molecule has 6 nitrogen and oxygen atoms in total. The first-order chi connectivity index (χ1) is 8.66. The van der Waals surface area contributed by atoms with E-state index in [0.29, 0.717) is 12.4 Å². The van der Waals surface area contributed by atoms with Crippen LogP contribution < -0.4 is 5.73 Å². The van der Waals surface area contributed by atoms with Crippen LogP contribution in [0.4, 0.5) is 0 Å². The van der Waals surface area contributed by atoms with Crippen molar-refractivity contribution in [3.8, 4) is 0 Å². The van der Waals surface area contributed by atoms with Crippen molar-refractivity contribution in [1.82, 2.24) is 13.9 Å². The highest BCUT2D eigenvalue weighted by molar-refractivity contribution is 7.89. The first-order valence-electron chi connectivity index (χ1n) is 6.39. The fourth-order valence-electron chi connectivity index (χ4n) is 1.82. The lowest BCUT2D eigenvalue weighted by Gasteiger charge is -2.35. The fraction of sp³-hybridized carbons (Fsp3) is 0.750. The Labute approximate surface area is 115 Å². The Morgan fingerprint density at radius 1 is 1.47 bits per heavy atom. The molecule has 0 radical (unpaired) electrons. The van der Waals surface area contributed by atoms with E-state index < -0.39 is 15.6 Å². The van der Waals surface area contributed by atoms with E-state index in [0.717, 1.165) is 6.42 Å². The van der Waals surface area contributed by atoms with Crippen molar-refractivity contribution in [2.24, 2.45) is 12.8 Å². The maximum Gasteiger partial charge on any atom is 0.262 e. The zero-order chi connectivity index (χ0) is 14.8.